The lowest BCUT2D eigenvalue weighted by atomic mass is 10.4. The molecule has 2 aliphatic rings. The van der Waals surface area contributed by atoms with Crippen LogP contribution < -0.4 is 5.32 Å². The molecular weight excluding hydrogens is 302 g/mol. The second-order valence-electron chi connectivity index (χ2n) is 5.96. The normalized spacial score (nSPS) is 19.7. The Morgan fingerprint density at radius 1 is 0.952 bits per heavy atom. The van der Waals surface area contributed by atoms with Gasteiger partial charge < -0.3 is 15.1 Å². The van der Waals surface area contributed by atoms with E-state index in [0.29, 0.717) is 5.11 Å². The third-order valence-electron chi connectivity index (χ3n) is 4.11. The van der Waals surface area contributed by atoms with Crippen LogP contribution in [-0.4, -0.2) is 83.4 Å². The van der Waals surface area contributed by atoms with E-state index in [1.54, 1.807) is 0 Å². The Morgan fingerprint density at radius 3 is 2.10 bits per heavy atom. The molecule has 0 aromatic heterocycles. The van der Waals surface area contributed by atoms with Gasteiger partial charge in [0.2, 0.25) is 0 Å². The summed E-state index contributed by atoms with van der Waals surface area (Å²) in [6.07, 6.45) is 5.16. The van der Waals surface area contributed by atoms with Crippen LogP contribution in [0.1, 0.15) is 25.7 Å². The van der Waals surface area contributed by atoms with Gasteiger partial charge in [0.25, 0.3) is 0 Å². The van der Waals surface area contributed by atoms with E-state index in [1.807, 2.05) is 19.0 Å². The van der Waals surface area contributed by atoms with E-state index in [0.717, 1.165) is 31.3 Å². The van der Waals surface area contributed by atoms with Gasteiger partial charge in [-0.15, -0.1) is 0 Å². The molecule has 0 spiro atoms. The molecule has 2 heterocycles. The van der Waals surface area contributed by atoms with Crippen LogP contribution in [0, 0.1) is 0 Å². The Labute approximate surface area is 139 Å². The zero-order chi connectivity index (χ0) is 15.2. The Hall–Kier alpha value is -0.500. The van der Waals surface area contributed by atoms with Crippen LogP contribution in [0.4, 0.5) is 0 Å². The maximum atomic E-state index is 5.59. The van der Waals surface area contributed by atoms with Crippen LogP contribution in [0.25, 0.3) is 0 Å². The van der Waals surface area contributed by atoms with Crippen molar-refractivity contribution in [3.8, 4) is 0 Å². The summed E-state index contributed by atoms with van der Waals surface area (Å²) in [5, 5.41) is 9.17. The van der Waals surface area contributed by atoms with Crippen molar-refractivity contribution in [1.29, 1.82) is 0 Å². The van der Waals surface area contributed by atoms with Crippen molar-refractivity contribution in [2.45, 2.75) is 25.7 Å². The summed E-state index contributed by atoms with van der Waals surface area (Å²) in [6.45, 7) is 6.66. The lowest BCUT2D eigenvalue weighted by Crippen LogP contribution is -2.54. The molecule has 120 valence electrons. The van der Waals surface area contributed by atoms with Crippen LogP contribution in [0.5, 0.6) is 0 Å². The first-order valence-electron chi connectivity index (χ1n) is 7.85. The lowest BCUT2D eigenvalue weighted by molar-refractivity contribution is 0.0650. The smallest absolute Gasteiger partial charge is 0.189 e. The fourth-order valence-electron chi connectivity index (χ4n) is 2.82. The summed E-state index contributed by atoms with van der Waals surface area (Å²) in [6, 6.07) is 0. The molecule has 0 bridgehead atoms. The van der Waals surface area contributed by atoms with E-state index in [-0.39, 0.29) is 0 Å². The molecule has 5 nitrogen and oxygen atoms in total. The van der Waals surface area contributed by atoms with Crippen LogP contribution in [0.2, 0.25) is 0 Å². The number of thiocarbonyl (C=S) groups is 2. The van der Waals surface area contributed by atoms with E-state index < -0.39 is 0 Å². The average molecular weight is 330 g/mol. The fraction of sp³-hybridized carbons (Fsp3) is 0.857. The zero-order valence-electron chi connectivity index (χ0n) is 13.2. The van der Waals surface area contributed by atoms with Crippen molar-refractivity contribution >= 4 is 34.7 Å². The summed E-state index contributed by atoms with van der Waals surface area (Å²) in [7, 11) is 3.87. The van der Waals surface area contributed by atoms with Crippen LogP contribution >= 0.6 is 24.4 Å². The van der Waals surface area contributed by atoms with Gasteiger partial charge in [0.15, 0.2) is 10.2 Å². The van der Waals surface area contributed by atoms with Crippen LogP contribution in [0.15, 0.2) is 0 Å². The van der Waals surface area contributed by atoms with Gasteiger partial charge in [-0.05, 0) is 63.2 Å². The summed E-state index contributed by atoms with van der Waals surface area (Å²) in [5.41, 5.74) is 0. The number of nitrogens with one attached hydrogen (secondary N) is 1. The minimum absolute atomic E-state index is 0.672. The van der Waals surface area contributed by atoms with Gasteiger partial charge in [-0.1, -0.05) is 0 Å². The van der Waals surface area contributed by atoms with E-state index in [9.17, 15) is 0 Å². The Balaban J connectivity index is 1.90. The maximum absolute atomic E-state index is 5.59. The first-order chi connectivity index (χ1) is 10.1. The van der Waals surface area contributed by atoms with E-state index >= 15 is 0 Å². The number of likely N-dealkylation sites (tertiary alicyclic amines) is 1. The molecule has 21 heavy (non-hydrogen) atoms. The number of rotatable bonds is 4. The predicted molar refractivity (Wildman–Crippen MR) is 95.2 cm³/mol. The molecule has 0 unspecified atom stereocenters. The van der Waals surface area contributed by atoms with Crippen molar-refractivity contribution in [3.05, 3.63) is 0 Å². The minimum atomic E-state index is 0.672. The summed E-state index contributed by atoms with van der Waals surface area (Å²) in [4.78, 5) is 4.40. The highest BCUT2D eigenvalue weighted by Gasteiger charge is 2.23. The first kappa shape index (κ1) is 16.9. The SMILES string of the molecule is CN(C)C(=S)NC(=S)N(CCN1CCCC1)N1CCCC1. The average Bonchev–Trinajstić information content (AvgIpc) is 3.11. The van der Waals surface area contributed by atoms with E-state index in [2.05, 4.69) is 20.2 Å². The summed E-state index contributed by atoms with van der Waals surface area (Å²) < 4.78 is 0. The molecule has 2 rings (SSSR count). The zero-order valence-corrected chi connectivity index (χ0v) is 14.8. The molecule has 0 aromatic carbocycles. The van der Waals surface area contributed by atoms with Crippen LogP contribution in [0.3, 0.4) is 0 Å². The van der Waals surface area contributed by atoms with Gasteiger partial charge in [-0.25, -0.2) is 5.01 Å². The molecule has 0 atom stereocenters. The van der Waals surface area contributed by atoms with Crippen molar-refractivity contribution in [2.24, 2.45) is 0 Å². The topological polar surface area (TPSA) is 25.0 Å². The molecule has 0 aliphatic carbocycles. The second-order valence-corrected chi connectivity index (χ2v) is 6.74. The van der Waals surface area contributed by atoms with Crippen LogP contribution in [-0.2, 0) is 0 Å². The molecule has 0 radical (unpaired) electrons. The molecule has 2 saturated heterocycles. The molecule has 2 aliphatic heterocycles. The molecule has 2 fully saturated rings. The van der Waals surface area contributed by atoms with E-state index in [1.165, 1.54) is 38.8 Å². The highest BCUT2D eigenvalue weighted by molar-refractivity contribution is 7.81. The Morgan fingerprint density at radius 2 is 1.52 bits per heavy atom. The lowest BCUT2D eigenvalue weighted by Gasteiger charge is -2.35. The Bertz CT molecular complexity index is 362. The molecule has 7 heteroatoms. The quantitative estimate of drug-likeness (QED) is 0.772. The Kier molecular flexibility index (Phi) is 6.60. The van der Waals surface area contributed by atoms with Crippen molar-refractivity contribution < 1.29 is 0 Å². The number of hydrazine groups is 1. The van der Waals surface area contributed by atoms with Crippen molar-refractivity contribution in [2.75, 3.05) is 53.4 Å². The number of hydrogen-bond acceptors (Lipinski definition) is 4. The largest absolute Gasteiger partial charge is 0.355 e. The predicted octanol–water partition coefficient (Wildman–Crippen LogP) is 1.12. The van der Waals surface area contributed by atoms with Gasteiger partial charge in [-0.2, -0.15) is 0 Å². The summed E-state index contributed by atoms with van der Waals surface area (Å²) in [5.74, 6) is 0. The monoisotopic (exact) mass is 329 g/mol. The summed E-state index contributed by atoms with van der Waals surface area (Å²) >= 11 is 10.9. The molecule has 0 aromatic rings. The standard InChI is InChI=1S/C14H27N5S2/c1-16(2)13(20)15-14(21)19(18-9-5-6-10-18)12-11-17-7-3-4-8-17/h3-12H2,1-2H3,(H,15,20,21). The van der Waals surface area contributed by atoms with Gasteiger partial charge in [0.1, 0.15) is 0 Å². The van der Waals surface area contributed by atoms with Crippen molar-refractivity contribution in [3.63, 3.8) is 0 Å². The molecule has 0 amide bonds. The third-order valence-corrected chi connectivity index (χ3v) is 4.89. The minimum Gasteiger partial charge on any atom is -0.355 e. The van der Waals surface area contributed by atoms with Crippen molar-refractivity contribution in [1.82, 2.24) is 25.1 Å². The first-order valence-corrected chi connectivity index (χ1v) is 8.66. The third kappa shape index (κ3) is 5.02. The number of hydrogen-bond donors (Lipinski definition) is 1. The van der Waals surface area contributed by atoms with Gasteiger partial charge >= 0.3 is 0 Å². The van der Waals surface area contributed by atoms with E-state index in [4.69, 9.17) is 24.4 Å². The second kappa shape index (κ2) is 8.22. The number of nitrogens with zero attached hydrogens (tertiary/aromatic N) is 4. The molecular formula is C14H27N5S2. The highest BCUT2D eigenvalue weighted by Crippen LogP contribution is 2.13. The van der Waals surface area contributed by atoms with Gasteiger partial charge in [0.05, 0.1) is 0 Å². The molecule has 0 saturated carbocycles. The fourth-order valence-corrected chi connectivity index (χ4v) is 3.29. The highest BCUT2D eigenvalue weighted by atomic mass is 32.1. The van der Waals surface area contributed by atoms with Gasteiger partial charge in [0, 0.05) is 40.3 Å². The maximum Gasteiger partial charge on any atom is 0.189 e. The van der Waals surface area contributed by atoms with Gasteiger partial charge in [-0.3, -0.25) is 5.01 Å². The molecule has 1 N–H and O–H groups in total.